The Morgan fingerprint density at radius 2 is 1.20 bits per heavy atom. The summed E-state index contributed by atoms with van der Waals surface area (Å²) >= 11 is 1.90. The van der Waals surface area contributed by atoms with Crippen molar-refractivity contribution in [3.8, 4) is 39.1 Å². The molecule has 0 radical (unpaired) electrons. The first kappa shape index (κ1) is 42.5. The number of rotatable bonds is 3. The Hall–Kier alpha value is -6.36. The lowest BCUT2D eigenvalue weighted by atomic mass is 9.56. The van der Waals surface area contributed by atoms with E-state index in [1.807, 2.05) is 11.3 Å². The molecule has 10 aromatic rings. The number of nitrogens with one attached hydrogen (secondary N) is 1. The van der Waals surface area contributed by atoms with Crippen LogP contribution in [-0.2, 0) is 27.1 Å². The second kappa shape index (κ2) is 13.7. The van der Waals surface area contributed by atoms with Gasteiger partial charge in [0.2, 0.25) is 0 Å². The molecule has 2 aromatic heterocycles. The summed E-state index contributed by atoms with van der Waals surface area (Å²) < 4.78 is 5.40. The fourth-order valence-corrected chi connectivity index (χ4v) is 15.1. The molecule has 0 atom stereocenters. The van der Waals surface area contributed by atoms with Crippen molar-refractivity contribution < 1.29 is 0 Å². The molecule has 14 rings (SSSR count). The Morgan fingerprint density at radius 3 is 1.93 bits per heavy atom. The van der Waals surface area contributed by atoms with E-state index in [1.165, 1.54) is 144 Å². The molecule has 0 fully saturated rings. The largest absolute Gasteiger partial charge is 0.355 e. The number of hydrogen-bond acceptors (Lipinski definition) is 2. The minimum atomic E-state index is -0.283. The predicted octanol–water partition coefficient (Wildman–Crippen LogP) is 16.5. The van der Waals surface area contributed by atoms with Crippen LogP contribution >= 0.6 is 11.3 Å². The molecule has 4 heteroatoms. The number of nitrogens with zero attached hydrogens (tertiary/aromatic N) is 1. The molecule has 2 nitrogen and oxygen atoms in total. The Balaban J connectivity index is 1.17. The van der Waals surface area contributed by atoms with Crippen LogP contribution in [0.25, 0.3) is 81.0 Å². The number of benzene rings is 8. The number of thiophene rings is 1. The van der Waals surface area contributed by atoms with Gasteiger partial charge in [0.1, 0.15) is 0 Å². The minimum absolute atomic E-state index is 0.0593. The Labute approximate surface area is 418 Å². The number of aromatic nitrogens is 1. The van der Waals surface area contributed by atoms with Crippen molar-refractivity contribution in [2.75, 3.05) is 5.32 Å². The SMILES string of the molecule is CC(C)(C)c1ccc(Nc2cc3sc4ccccc4c3cc2-c2c3c(c4c5cc6c(cc5n5c4c2Bc2cc4c(cc2-5)C(C)(C)c2ccccc2-4)C(C)(C)CCC6(C)C)-c2ccccc2C3(C)C)cc1. The van der Waals surface area contributed by atoms with E-state index in [4.69, 9.17) is 0 Å². The van der Waals surface area contributed by atoms with Crippen LogP contribution in [0.4, 0.5) is 11.4 Å². The van der Waals surface area contributed by atoms with Crippen molar-refractivity contribution >= 4 is 82.9 Å². The smallest absolute Gasteiger partial charge is 0.198 e. The molecule has 0 spiro atoms. The molecule has 0 amide bonds. The van der Waals surface area contributed by atoms with Crippen molar-refractivity contribution in [1.82, 2.24) is 4.57 Å². The third-order valence-electron chi connectivity index (χ3n) is 18.0. The van der Waals surface area contributed by atoms with Gasteiger partial charge in [-0.05, 0) is 150 Å². The average molecular weight is 925 g/mol. The van der Waals surface area contributed by atoms with Crippen LogP contribution in [0.3, 0.4) is 0 Å². The molecule has 3 aliphatic carbocycles. The second-order valence-electron chi connectivity index (χ2n) is 24.8. The fraction of sp³-hybridized carbons (Fsp3) is 0.273. The van der Waals surface area contributed by atoms with Gasteiger partial charge in [-0.15, -0.1) is 11.3 Å². The molecular weight excluding hydrogens is 864 g/mol. The van der Waals surface area contributed by atoms with E-state index < -0.39 is 0 Å². The average Bonchev–Trinajstić information content (AvgIpc) is 4.00. The first-order valence-electron chi connectivity index (χ1n) is 25.8. The van der Waals surface area contributed by atoms with Crippen LogP contribution in [0, 0.1) is 0 Å². The van der Waals surface area contributed by atoms with E-state index in [0.717, 1.165) is 18.7 Å². The highest BCUT2D eigenvalue weighted by atomic mass is 32.1. The Kier molecular flexibility index (Phi) is 8.34. The van der Waals surface area contributed by atoms with Crippen molar-refractivity contribution in [2.24, 2.45) is 0 Å². The molecule has 0 saturated carbocycles. The molecule has 1 N–H and O–H groups in total. The molecule has 70 heavy (non-hydrogen) atoms. The summed E-state index contributed by atoms with van der Waals surface area (Å²) in [6.07, 6.45) is 2.36. The summed E-state index contributed by atoms with van der Waals surface area (Å²) in [4.78, 5) is 0. The van der Waals surface area contributed by atoms with E-state index in [0.29, 0.717) is 0 Å². The minimum Gasteiger partial charge on any atom is -0.355 e. The molecule has 0 saturated heterocycles. The maximum Gasteiger partial charge on any atom is 0.198 e. The molecule has 4 aliphatic rings. The van der Waals surface area contributed by atoms with Crippen LogP contribution in [0.5, 0.6) is 0 Å². The molecule has 0 bridgehead atoms. The van der Waals surface area contributed by atoms with Crippen LogP contribution in [-0.4, -0.2) is 11.8 Å². The molecular formula is C66H61BN2S. The van der Waals surface area contributed by atoms with Gasteiger partial charge in [-0.2, -0.15) is 0 Å². The standard InChI is InChI=1S/C66H61BN2S/c1-62(2,3)36-24-26-37(27-25-36)68-51-35-55-42(39-19-14-17-23-54(39)70-55)30-43(51)58-59-56(40-20-13-16-22-46(40)66(59,10)11)57-44-31-48-49(64(6,7)29-28-63(48,4)5)34-52(44)69-53-33-47-41(32-50(53)67-60(58)61(57)69)38-18-12-15-21-45(38)65(47,8)9/h12-27,30-35,67-68H,28-29H2,1-11H3. The van der Waals surface area contributed by atoms with Gasteiger partial charge in [0.15, 0.2) is 7.28 Å². The first-order chi connectivity index (χ1) is 33.3. The molecule has 8 aromatic carbocycles. The van der Waals surface area contributed by atoms with Crippen LogP contribution in [0.1, 0.15) is 128 Å². The molecule has 0 unspecified atom stereocenters. The quantitative estimate of drug-likeness (QED) is 0.175. The topological polar surface area (TPSA) is 17.0 Å². The fourth-order valence-electron chi connectivity index (χ4n) is 14.0. The summed E-state index contributed by atoms with van der Waals surface area (Å²) in [5, 5.41) is 9.58. The van der Waals surface area contributed by atoms with E-state index in [-0.39, 0.29) is 27.1 Å². The van der Waals surface area contributed by atoms with Crippen LogP contribution in [0.2, 0.25) is 0 Å². The zero-order valence-corrected chi connectivity index (χ0v) is 43.5. The maximum absolute atomic E-state index is 4.11. The summed E-state index contributed by atoms with van der Waals surface area (Å²) in [5.41, 5.74) is 27.2. The van der Waals surface area contributed by atoms with Gasteiger partial charge in [-0.3, -0.25) is 0 Å². The van der Waals surface area contributed by atoms with Crippen molar-refractivity contribution in [2.45, 2.75) is 116 Å². The maximum atomic E-state index is 4.11. The number of hydrogen-bond donors (Lipinski definition) is 1. The van der Waals surface area contributed by atoms with Gasteiger partial charge >= 0.3 is 0 Å². The van der Waals surface area contributed by atoms with E-state index in [1.54, 1.807) is 0 Å². The zero-order valence-electron chi connectivity index (χ0n) is 42.7. The summed E-state index contributed by atoms with van der Waals surface area (Å²) in [7, 11) is 0.839. The number of fused-ring (bicyclic) bond motifs is 16. The molecule has 1 aliphatic heterocycles. The highest BCUT2D eigenvalue weighted by Gasteiger charge is 2.45. The van der Waals surface area contributed by atoms with Crippen molar-refractivity contribution in [1.29, 1.82) is 0 Å². The van der Waals surface area contributed by atoms with E-state index in [2.05, 4.69) is 220 Å². The van der Waals surface area contributed by atoms with Crippen molar-refractivity contribution in [3.05, 3.63) is 172 Å². The molecule has 344 valence electrons. The Morgan fingerprint density at radius 1 is 0.543 bits per heavy atom. The monoisotopic (exact) mass is 924 g/mol. The summed E-state index contributed by atoms with van der Waals surface area (Å²) in [6, 6.07) is 52.4. The van der Waals surface area contributed by atoms with Gasteiger partial charge in [-0.1, -0.05) is 167 Å². The molecule has 3 heterocycles. The lowest BCUT2D eigenvalue weighted by Crippen LogP contribution is -2.39. The zero-order chi connectivity index (χ0) is 48.2. The van der Waals surface area contributed by atoms with E-state index in [9.17, 15) is 0 Å². The second-order valence-corrected chi connectivity index (χ2v) is 25.9. The Bertz CT molecular complexity index is 3970. The van der Waals surface area contributed by atoms with Crippen LogP contribution < -0.4 is 16.2 Å². The normalized spacial score (nSPS) is 17.2. The van der Waals surface area contributed by atoms with Gasteiger partial charge in [-0.25, -0.2) is 0 Å². The van der Waals surface area contributed by atoms with Gasteiger partial charge in [0.25, 0.3) is 0 Å². The highest BCUT2D eigenvalue weighted by Crippen LogP contribution is 2.59. The van der Waals surface area contributed by atoms with Crippen molar-refractivity contribution in [3.63, 3.8) is 0 Å². The van der Waals surface area contributed by atoms with Gasteiger partial charge in [0.05, 0.1) is 5.52 Å². The van der Waals surface area contributed by atoms with Gasteiger partial charge < -0.3 is 9.88 Å². The third kappa shape index (κ3) is 5.58. The lowest BCUT2D eigenvalue weighted by molar-refractivity contribution is 0.332. The lowest BCUT2D eigenvalue weighted by Gasteiger charge is -2.42. The summed E-state index contributed by atoms with van der Waals surface area (Å²) in [5.74, 6) is 0. The van der Waals surface area contributed by atoms with Crippen LogP contribution in [0.15, 0.2) is 133 Å². The third-order valence-corrected chi connectivity index (χ3v) is 19.1. The first-order valence-corrected chi connectivity index (χ1v) is 26.6. The van der Waals surface area contributed by atoms with Gasteiger partial charge in [0, 0.05) is 69.9 Å². The van der Waals surface area contributed by atoms with E-state index >= 15 is 0 Å². The summed E-state index contributed by atoms with van der Waals surface area (Å²) in [6.45, 7) is 26.7. The number of anilines is 2. The highest BCUT2D eigenvalue weighted by molar-refractivity contribution is 7.25. The predicted molar refractivity (Wildman–Crippen MR) is 304 cm³/mol.